The van der Waals surface area contributed by atoms with Crippen molar-refractivity contribution in [1.29, 1.82) is 0 Å². The Morgan fingerprint density at radius 2 is 1.00 bits per heavy atom. The topological polar surface area (TPSA) is 26.0 Å². The lowest BCUT2D eigenvalue weighted by Crippen LogP contribution is -2.19. The molecule has 1 fully saturated rings. The summed E-state index contributed by atoms with van der Waals surface area (Å²) in [6.07, 6.45) is 2.09. The minimum Gasteiger partial charge on any atom is -0.326 e. The highest BCUT2D eigenvalue weighted by atomic mass is 14.5. The number of nitrogens with two attached hydrogens (primary N) is 1. The van der Waals surface area contributed by atoms with Gasteiger partial charge in [0.25, 0.3) is 0 Å². The van der Waals surface area contributed by atoms with Crippen molar-refractivity contribution in [3.05, 3.63) is 163 Å². The van der Waals surface area contributed by atoms with E-state index in [1.54, 1.807) is 0 Å². The van der Waals surface area contributed by atoms with Crippen LogP contribution in [0, 0.1) is 6.92 Å². The van der Waals surface area contributed by atoms with E-state index in [9.17, 15) is 0 Å². The van der Waals surface area contributed by atoms with E-state index in [0.29, 0.717) is 17.2 Å². The summed E-state index contributed by atoms with van der Waals surface area (Å²) >= 11 is 0. The highest BCUT2D eigenvalue weighted by molar-refractivity contribution is 6.89. The van der Waals surface area contributed by atoms with E-state index in [1.165, 1.54) is 33.3 Å². The van der Waals surface area contributed by atoms with Crippen LogP contribution in [-0.4, -0.2) is 13.3 Å². The second-order valence-electron chi connectivity index (χ2n) is 13.1. The smallest absolute Gasteiger partial charge is 0.187 e. The summed E-state index contributed by atoms with van der Waals surface area (Å²) < 4.78 is 0. The molecule has 0 amide bonds. The van der Waals surface area contributed by atoms with Gasteiger partial charge >= 0.3 is 0 Å². The van der Waals surface area contributed by atoms with Gasteiger partial charge in [-0.2, -0.15) is 0 Å². The van der Waals surface area contributed by atoms with Crippen molar-refractivity contribution in [2.24, 2.45) is 5.73 Å². The fraction of sp³-hybridized carbons (Fsp3) is 0.190. The van der Waals surface area contributed by atoms with Gasteiger partial charge in [-0.25, -0.2) is 0 Å². The maximum absolute atomic E-state index is 6.07. The van der Waals surface area contributed by atoms with Crippen molar-refractivity contribution < 1.29 is 0 Å². The summed E-state index contributed by atoms with van der Waals surface area (Å²) in [6, 6.07) is 46.9. The summed E-state index contributed by atoms with van der Waals surface area (Å²) in [6.45, 7) is 17.1. The van der Waals surface area contributed by atoms with Crippen LogP contribution < -0.4 is 11.2 Å². The SMILES string of the molecule is C=C(/C=C(\CN)c1ccc(-c2ccccc2)cc1)c1ccc(-c2ccccc2)cc1.Cc1ccc(B2C(C)(C)C2(C)C)cc1. The summed E-state index contributed by atoms with van der Waals surface area (Å²) in [5, 5.41) is 0.921. The van der Waals surface area contributed by atoms with E-state index in [2.05, 4.69) is 169 Å². The van der Waals surface area contributed by atoms with Gasteiger partial charge in [0.2, 0.25) is 0 Å². The maximum Gasteiger partial charge on any atom is 0.187 e. The van der Waals surface area contributed by atoms with Crippen molar-refractivity contribution in [1.82, 2.24) is 0 Å². The highest BCUT2D eigenvalue weighted by Crippen LogP contribution is 2.73. The molecule has 44 heavy (non-hydrogen) atoms. The van der Waals surface area contributed by atoms with Gasteiger partial charge in [0, 0.05) is 6.54 Å². The van der Waals surface area contributed by atoms with Crippen LogP contribution in [0.5, 0.6) is 0 Å². The van der Waals surface area contributed by atoms with Gasteiger partial charge in [-0.05, 0) is 57.5 Å². The zero-order valence-corrected chi connectivity index (χ0v) is 26.8. The van der Waals surface area contributed by atoms with Crippen LogP contribution in [0.2, 0.25) is 10.6 Å². The number of hydrogen-bond acceptors (Lipinski definition) is 1. The molecule has 1 aliphatic rings. The Labute approximate surface area is 265 Å². The Morgan fingerprint density at radius 1 is 0.591 bits per heavy atom. The average Bonchev–Trinajstić information content (AvgIpc) is 3.48. The van der Waals surface area contributed by atoms with E-state index in [1.807, 2.05) is 12.1 Å². The lowest BCUT2D eigenvalue weighted by atomic mass is 9.53. The standard InChI is InChI=1S/C29H25N.C13H19B/c1-22(23-12-14-26(15-13-23)24-8-4-2-5-9-24)20-29(21-30)28-18-16-27(17-19-28)25-10-6-3-7-11-25;1-10-6-8-11(9-7-10)14-12(2,3)13(14,4)5/h2-20H,1,21,30H2;6-9H,1-5H3/b29-20+;. The molecule has 6 rings (SSSR count). The number of aryl methyl sites for hydroxylation is 1. The Kier molecular flexibility index (Phi) is 9.23. The summed E-state index contributed by atoms with van der Waals surface area (Å²) in [4.78, 5) is 0. The molecule has 0 aliphatic carbocycles. The molecule has 5 aromatic rings. The molecule has 2 heteroatoms. The van der Waals surface area contributed by atoms with E-state index >= 15 is 0 Å². The van der Waals surface area contributed by atoms with E-state index in [4.69, 9.17) is 5.73 Å². The van der Waals surface area contributed by atoms with E-state index in [0.717, 1.165) is 29.0 Å². The molecule has 0 aromatic heterocycles. The van der Waals surface area contributed by atoms with Gasteiger partial charge in [-0.3, -0.25) is 0 Å². The Morgan fingerprint density at radius 3 is 1.41 bits per heavy atom. The molecule has 0 radical (unpaired) electrons. The lowest BCUT2D eigenvalue weighted by Gasteiger charge is -2.10. The van der Waals surface area contributed by atoms with Crippen LogP contribution in [0.25, 0.3) is 33.4 Å². The molecule has 0 bridgehead atoms. The normalized spacial score (nSPS) is 14.8. The van der Waals surface area contributed by atoms with Gasteiger partial charge in [0.05, 0.1) is 0 Å². The lowest BCUT2D eigenvalue weighted by molar-refractivity contribution is 0.628. The van der Waals surface area contributed by atoms with Gasteiger partial charge in [-0.15, -0.1) is 0 Å². The van der Waals surface area contributed by atoms with Crippen molar-refractivity contribution in [2.75, 3.05) is 6.54 Å². The molecule has 220 valence electrons. The van der Waals surface area contributed by atoms with Gasteiger partial charge in [0.15, 0.2) is 6.71 Å². The molecule has 0 spiro atoms. The predicted molar refractivity (Wildman–Crippen MR) is 194 cm³/mol. The fourth-order valence-electron chi connectivity index (χ4n) is 6.36. The molecule has 1 aliphatic heterocycles. The quantitative estimate of drug-likeness (QED) is 0.152. The van der Waals surface area contributed by atoms with Crippen LogP contribution in [0.15, 0.2) is 146 Å². The summed E-state index contributed by atoms with van der Waals surface area (Å²) in [5.74, 6) is 0. The van der Waals surface area contributed by atoms with Crippen molar-refractivity contribution in [3.8, 4) is 22.3 Å². The Hall–Kier alpha value is -4.40. The molecule has 1 heterocycles. The fourth-order valence-corrected chi connectivity index (χ4v) is 6.36. The molecular weight excluding hydrogens is 529 g/mol. The van der Waals surface area contributed by atoms with Crippen LogP contribution in [0.3, 0.4) is 0 Å². The van der Waals surface area contributed by atoms with Gasteiger partial charge in [-0.1, -0.05) is 189 Å². The van der Waals surface area contributed by atoms with Gasteiger partial charge < -0.3 is 5.73 Å². The third-order valence-electron chi connectivity index (χ3n) is 9.73. The second kappa shape index (κ2) is 13.1. The number of benzene rings is 5. The van der Waals surface area contributed by atoms with Crippen LogP contribution >= 0.6 is 0 Å². The number of rotatable bonds is 7. The first-order valence-electron chi connectivity index (χ1n) is 15.6. The molecular formula is C42H44BN. The largest absolute Gasteiger partial charge is 0.326 e. The molecule has 0 atom stereocenters. The summed E-state index contributed by atoms with van der Waals surface area (Å²) in [7, 11) is 0. The Balaban J connectivity index is 0.000000229. The van der Waals surface area contributed by atoms with Crippen molar-refractivity contribution in [2.45, 2.75) is 45.2 Å². The summed E-state index contributed by atoms with van der Waals surface area (Å²) in [5.41, 5.74) is 18.0. The predicted octanol–water partition coefficient (Wildman–Crippen LogP) is 10.3. The monoisotopic (exact) mass is 573 g/mol. The van der Waals surface area contributed by atoms with Crippen LogP contribution in [0.4, 0.5) is 0 Å². The van der Waals surface area contributed by atoms with Gasteiger partial charge in [0.1, 0.15) is 0 Å². The van der Waals surface area contributed by atoms with Crippen LogP contribution in [0.1, 0.15) is 44.4 Å². The highest BCUT2D eigenvalue weighted by Gasteiger charge is 2.67. The number of allylic oxidation sites excluding steroid dienone is 2. The van der Waals surface area contributed by atoms with Crippen molar-refractivity contribution in [3.63, 3.8) is 0 Å². The van der Waals surface area contributed by atoms with E-state index in [-0.39, 0.29) is 0 Å². The molecule has 1 saturated heterocycles. The molecule has 1 nitrogen and oxygen atoms in total. The first-order valence-corrected chi connectivity index (χ1v) is 15.6. The minimum absolute atomic E-state index is 0.461. The third kappa shape index (κ3) is 6.72. The van der Waals surface area contributed by atoms with E-state index < -0.39 is 0 Å². The average molecular weight is 574 g/mol. The first-order chi connectivity index (χ1) is 21.1. The molecule has 0 saturated carbocycles. The molecule has 2 N–H and O–H groups in total. The third-order valence-corrected chi connectivity index (χ3v) is 9.73. The zero-order chi connectivity index (χ0) is 31.3. The maximum atomic E-state index is 6.07. The first kappa shape index (κ1) is 31.0. The van der Waals surface area contributed by atoms with Crippen molar-refractivity contribution >= 4 is 23.3 Å². The molecule has 5 aromatic carbocycles. The zero-order valence-electron chi connectivity index (χ0n) is 26.8. The molecule has 0 unspecified atom stereocenters. The Bertz CT molecular complexity index is 1700. The second-order valence-corrected chi connectivity index (χ2v) is 13.1. The minimum atomic E-state index is 0.461. The number of hydrogen-bond donors (Lipinski definition) is 1. The van der Waals surface area contributed by atoms with Crippen LogP contribution in [-0.2, 0) is 0 Å².